The van der Waals surface area contributed by atoms with E-state index in [1.54, 1.807) is 30.3 Å². The molecule has 6 heteroatoms. The summed E-state index contributed by atoms with van der Waals surface area (Å²) in [6.07, 6.45) is 1.98. The quantitative estimate of drug-likeness (QED) is 0.848. The van der Waals surface area contributed by atoms with E-state index < -0.39 is 5.82 Å². The van der Waals surface area contributed by atoms with Crippen LogP contribution in [0, 0.1) is 5.82 Å². The van der Waals surface area contributed by atoms with Gasteiger partial charge in [-0.3, -0.25) is 9.59 Å². The lowest BCUT2D eigenvalue weighted by Crippen LogP contribution is -2.27. The van der Waals surface area contributed by atoms with Crippen LogP contribution in [0.3, 0.4) is 0 Å². The highest BCUT2D eigenvalue weighted by Crippen LogP contribution is 2.22. The number of carbonyl (C=O) groups is 2. The number of halogens is 1. The Labute approximate surface area is 145 Å². The monoisotopic (exact) mass is 342 g/mol. The van der Waals surface area contributed by atoms with Crippen LogP contribution in [0.1, 0.15) is 28.8 Å². The van der Waals surface area contributed by atoms with Crippen molar-refractivity contribution >= 4 is 17.5 Å². The average molecular weight is 342 g/mol. The fourth-order valence-corrected chi connectivity index (χ4v) is 2.48. The molecule has 1 aliphatic carbocycles. The summed E-state index contributed by atoms with van der Waals surface area (Å²) in [4.78, 5) is 24.5. The number of para-hydroxylation sites is 1. The van der Waals surface area contributed by atoms with E-state index in [-0.39, 0.29) is 30.0 Å². The molecule has 3 rings (SSSR count). The summed E-state index contributed by atoms with van der Waals surface area (Å²) in [5.41, 5.74) is 1.39. The minimum absolute atomic E-state index is 0.000503. The average Bonchev–Trinajstić information content (AvgIpc) is 3.39. The van der Waals surface area contributed by atoms with Gasteiger partial charge in [-0.15, -0.1) is 0 Å². The maximum absolute atomic E-state index is 13.7. The molecule has 0 radical (unpaired) electrons. The second kappa shape index (κ2) is 7.34. The van der Waals surface area contributed by atoms with E-state index in [2.05, 4.69) is 10.6 Å². The Morgan fingerprint density at radius 2 is 1.96 bits per heavy atom. The van der Waals surface area contributed by atoms with Gasteiger partial charge in [0.25, 0.3) is 5.91 Å². The number of anilines is 1. The normalized spacial score (nSPS) is 13.2. The Morgan fingerprint density at radius 1 is 1.20 bits per heavy atom. The summed E-state index contributed by atoms with van der Waals surface area (Å²) in [6, 6.07) is 11.5. The molecule has 130 valence electrons. The second-order valence-electron chi connectivity index (χ2n) is 5.99. The van der Waals surface area contributed by atoms with Crippen LogP contribution in [0.4, 0.5) is 10.1 Å². The molecule has 0 saturated heterocycles. The van der Waals surface area contributed by atoms with Gasteiger partial charge in [-0.05, 0) is 42.7 Å². The minimum Gasteiger partial charge on any atom is -0.494 e. The number of rotatable bonds is 6. The standard InChI is InChI=1S/C19H19FN2O3/c1-25-17-9-6-12(10-15(17)20)11-18(23)22-16-5-3-2-4-14(16)19(24)21-13-7-8-13/h2-6,9-10,13H,7-8,11H2,1H3,(H,21,24)(H,22,23). The first-order valence-electron chi connectivity index (χ1n) is 8.09. The molecule has 25 heavy (non-hydrogen) atoms. The zero-order valence-corrected chi connectivity index (χ0v) is 13.8. The molecule has 0 bridgehead atoms. The van der Waals surface area contributed by atoms with Crippen LogP contribution in [0.5, 0.6) is 5.75 Å². The number of amides is 2. The first-order chi connectivity index (χ1) is 12.1. The van der Waals surface area contributed by atoms with E-state index in [1.165, 1.54) is 19.2 Å². The molecule has 0 atom stereocenters. The third-order valence-electron chi connectivity index (χ3n) is 3.94. The number of hydrogen-bond acceptors (Lipinski definition) is 3. The van der Waals surface area contributed by atoms with Crippen LogP contribution < -0.4 is 15.4 Å². The van der Waals surface area contributed by atoms with Gasteiger partial charge in [-0.2, -0.15) is 0 Å². The van der Waals surface area contributed by atoms with Crippen molar-refractivity contribution in [3.63, 3.8) is 0 Å². The summed E-state index contributed by atoms with van der Waals surface area (Å²) in [5, 5.41) is 5.63. The van der Waals surface area contributed by atoms with Crippen LogP contribution in [-0.2, 0) is 11.2 Å². The molecular weight excluding hydrogens is 323 g/mol. The Balaban J connectivity index is 1.68. The van der Waals surface area contributed by atoms with Gasteiger partial charge in [0.1, 0.15) is 0 Å². The molecule has 2 aromatic carbocycles. The first kappa shape index (κ1) is 17.0. The van der Waals surface area contributed by atoms with Crippen LogP contribution in [0.15, 0.2) is 42.5 Å². The van der Waals surface area contributed by atoms with Gasteiger partial charge < -0.3 is 15.4 Å². The van der Waals surface area contributed by atoms with Crippen molar-refractivity contribution in [1.82, 2.24) is 5.32 Å². The van der Waals surface area contributed by atoms with Crippen LogP contribution >= 0.6 is 0 Å². The predicted molar refractivity (Wildman–Crippen MR) is 92.2 cm³/mol. The van der Waals surface area contributed by atoms with E-state index in [1.807, 2.05) is 0 Å². The van der Waals surface area contributed by atoms with E-state index in [9.17, 15) is 14.0 Å². The zero-order chi connectivity index (χ0) is 17.8. The molecule has 0 spiro atoms. The van der Waals surface area contributed by atoms with E-state index in [0.717, 1.165) is 12.8 Å². The fraction of sp³-hybridized carbons (Fsp3) is 0.263. The summed E-state index contributed by atoms with van der Waals surface area (Å²) in [6.45, 7) is 0. The van der Waals surface area contributed by atoms with Crippen LogP contribution in [-0.4, -0.2) is 25.0 Å². The number of methoxy groups -OCH3 is 1. The molecule has 2 aromatic rings. The molecule has 0 unspecified atom stereocenters. The van der Waals surface area contributed by atoms with Gasteiger partial charge in [0.05, 0.1) is 24.8 Å². The molecule has 0 heterocycles. The lowest BCUT2D eigenvalue weighted by molar-refractivity contribution is -0.115. The first-order valence-corrected chi connectivity index (χ1v) is 8.09. The third-order valence-corrected chi connectivity index (χ3v) is 3.94. The van der Waals surface area contributed by atoms with Crippen molar-refractivity contribution < 1.29 is 18.7 Å². The van der Waals surface area contributed by atoms with E-state index in [4.69, 9.17) is 4.74 Å². The highest BCUT2D eigenvalue weighted by Gasteiger charge is 2.25. The second-order valence-corrected chi connectivity index (χ2v) is 5.99. The highest BCUT2D eigenvalue weighted by molar-refractivity contribution is 6.04. The topological polar surface area (TPSA) is 67.4 Å². The largest absolute Gasteiger partial charge is 0.494 e. The number of carbonyl (C=O) groups excluding carboxylic acids is 2. The van der Waals surface area contributed by atoms with Gasteiger partial charge in [-0.25, -0.2) is 4.39 Å². The molecule has 5 nitrogen and oxygen atoms in total. The SMILES string of the molecule is COc1ccc(CC(=O)Nc2ccccc2C(=O)NC2CC2)cc1F. The Kier molecular flexibility index (Phi) is 4.97. The summed E-state index contributed by atoms with van der Waals surface area (Å²) in [5.74, 6) is -0.909. The van der Waals surface area contributed by atoms with Crippen molar-refractivity contribution in [2.75, 3.05) is 12.4 Å². The Morgan fingerprint density at radius 3 is 2.64 bits per heavy atom. The van der Waals surface area contributed by atoms with Gasteiger partial charge in [0, 0.05) is 6.04 Å². The number of ether oxygens (including phenoxy) is 1. The molecule has 1 aliphatic rings. The molecule has 2 N–H and O–H groups in total. The fourth-order valence-electron chi connectivity index (χ4n) is 2.48. The van der Waals surface area contributed by atoms with Crippen molar-refractivity contribution in [2.45, 2.75) is 25.3 Å². The molecule has 1 saturated carbocycles. The number of nitrogens with one attached hydrogen (secondary N) is 2. The Hall–Kier alpha value is -2.89. The predicted octanol–water partition coefficient (Wildman–Crippen LogP) is 2.91. The van der Waals surface area contributed by atoms with E-state index >= 15 is 0 Å². The van der Waals surface area contributed by atoms with E-state index in [0.29, 0.717) is 16.8 Å². The van der Waals surface area contributed by atoms with Crippen molar-refractivity contribution in [2.24, 2.45) is 0 Å². The maximum atomic E-state index is 13.7. The summed E-state index contributed by atoms with van der Waals surface area (Å²) in [7, 11) is 1.38. The van der Waals surface area contributed by atoms with Gasteiger partial charge in [0.15, 0.2) is 11.6 Å². The summed E-state index contributed by atoms with van der Waals surface area (Å²) < 4.78 is 18.6. The molecule has 0 aromatic heterocycles. The number of benzene rings is 2. The van der Waals surface area contributed by atoms with Crippen LogP contribution in [0.2, 0.25) is 0 Å². The van der Waals surface area contributed by atoms with Crippen molar-refractivity contribution in [3.8, 4) is 5.75 Å². The van der Waals surface area contributed by atoms with Crippen LogP contribution in [0.25, 0.3) is 0 Å². The van der Waals surface area contributed by atoms with Crippen molar-refractivity contribution in [1.29, 1.82) is 0 Å². The van der Waals surface area contributed by atoms with Gasteiger partial charge in [0.2, 0.25) is 5.91 Å². The lowest BCUT2D eigenvalue weighted by Gasteiger charge is -2.11. The highest BCUT2D eigenvalue weighted by atomic mass is 19.1. The van der Waals surface area contributed by atoms with Crippen molar-refractivity contribution in [3.05, 3.63) is 59.4 Å². The zero-order valence-electron chi connectivity index (χ0n) is 13.8. The lowest BCUT2D eigenvalue weighted by atomic mass is 10.1. The third kappa shape index (κ3) is 4.35. The van der Waals surface area contributed by atoms with Gasteiger partial charge in [-0.1, -0.05) is 18.2 Å². The molecular formula is C19H19FN2O3. The smallest absolute Gasteiger partial charge is 0.253 e. The summed E-state index contributed by atoms with van der Waals surface area (Å²) >= 11 is 0. The molecule has 1 fully saturated rings. The Bertz CT molecular complexity index is 803. The molecule has 0 aliphatic heterocycles. The maximum Gasteiger partial charge on any atom is 0.253 e. The minimum atomic E-state index is -0.517. The number of hydrogen-bond donors (Lipinski definition) is 2. The van der Waals surface area contributed by atoms with Gasteiger partial charge >= 0.3 is 0 Å². The molecule has 2 amide bonds.